The Bertz CT molecular complexity index is 548. The second kappa shape index (κ2) is 6.17. The van der Waals surface area contributed by atoms with Crippen LogP contribution in [0.1, 0.15) is 79.1 Å². The Morgan fingerprint density at radius 3 is 2.38 bits per heavy atom. The lowest BCUT2D eigenvalue weighted by atomic mass is 9.44. The molecule has 0 bridgehead atoms. The molecule has 26 heavy (non-hydrogen) atoms. The smallest absolute Gasteiger partial charge is 0.189 e. The van der Waals surface area contributed by atoms with Gasteiger partial charge in [0.25, 0.3) is 0 Å². The van der Waals surface area contributed by atoms with Gasteiger partial charge in [-0.1, -0.05) is 34.1 Å². The third kappa shape index (κ3) is 2.41. The summed E-state index contributed by atoms with van der Waals surface area (Å²) < 4.78 is 24.5. The number of ether oxygens (including phenoxy) is 4. The Kier molecular flexibility index (Phi) is 4.55. The van der Waals surface area contributed by atoms with E-state index in [1.54, 1.807) is 14.2 Å². The monoisotopic (exact) mass is 366 g/mol. The molecule has 0 N–H and O–H groups in total. The Labute approximate surface area is 159 Å². The molecule has 0 unspecified atom stereocenters. The number of hydrogen-bond acceptors (Lipinski definition) is 4. The molecule has 4 nitrogen and oxygen atoms in total. The van der Waals surface area contributed by atoms with Gasteiger partial charge in [0, 0.05) is 26.1 Å². The molecule has 2 heterocycles. The van der Waals surface area contributed by atoms with E-state index in [4.69, 9.17) is 18.9 Å². The first-order valence-electron chi connectivity index (χ1n) is 10.6. The third-order valence-corrected chi connectivity index (χ3v) is 8.88. The van der Waals surface area contributed by atoms with Gasteiger partial charge in [-0.3, -0.25) is 0 Å². The van der Waals surface area contributed by atoms with E-state index in [9.17, 15) is 0 Å². The van der Waals surface area contributed by atoms with Crippen LogP contribution in [-0.4, -0.2) is 38.0 Å². The number of methoxy groups -OCH3 is 2. The second-order valence-corrected chi connectivity index (χ2v) is 10.4. The summed E-state index contributed by atoms with van der Waals surface area (Å²) in [4.78, 5) is 0. The summed E-state index contributed by atoms with van der Waals surface area (Å²) in [7, 11) is 3.45. The van der Waals surface area contributed by atoms with Crippen molar-refractivity contribution in [2.45, 2.75) is 103 Å². The van der Waals surface area contributed by atoms with Crippen LogP contribution < -0.4 is 0 Å². The standard InChI is InChI=1S/C22H38O4/c1-15-8-9-16-19(2,3)10-7-11-20(16,4)22(15)13-12-21(26-22)14-17(23-5)25-18(21)24-6/h15-18H,7-14H2,1-6H3/t15-,16+,17-,18-,20+,21+,22-/m1/s1. The summed E-state index contributed by atoms with van der Waals surface area (Å²) in [6.07, 6.45) is 8.93. The highest BCUT2D eigenvalue weighted by atomic mass is 16.8. The van der Waals surface area contributed by atoms with Gasteiger partial charge in [-0.15, -0.1) is 0 Å². The maximum Gasteiger partial charge on any atom is 0.189 e. The van der Waals surface area contributed by atoms with Crippen molar-refractivity contribution >= 4 is 0 Å². The predicted molar refractivity (Wildman–Crippen MR) is 101 cm³/mol. The molecule has 150 valence electrons. The van der Waals surface area contributed by atoms with Crippen molar-refractivity contribution in [2.75, 3.05) is 14.2 Å². The van der Waals surface area contributed by atoms with Crippen molar-refractivity contribution in [3.63, 3.8) is 0 Å². The highest BCUT2D eigenvalue weighted by Gasteiger charge is 2.69. The molecule has 2 saturated carbocycles. The average Bonchev–Trinajstić information content (AvgIpc) is 3.15. The molecule has 4 rings (SSSR count). The normalized spacial score (nSPS) is 53.3. The predicted octanol–water partition coefficient (Wildman–Crippen LogP) is 4.90. The van der Waals surface area contributed by atoms with Crippen LogP contribution in [0.5, 0.6) is 0 Å². The maximum atomic E-state index is 7.22. The highest BCUT2D eigenvalue weighted by molar-refractivity contribution is 5.16. The highest BCUT2D eigenvalue weighted by Crippen LogP contribution is 2.68. The van der Waals surface area contributed by atoms with E-state index in [1.165, 1.54) is 32.1 Å². The van der Waals surface area contributed by atoms with E-state index in [-0.39, 0.29) is 29.2 Å². The van der Waals surface area contributed by atoms with Crippen LogP contribution in [0.4, 0.5) is 0 Å². The van der Waals surface area contributed by atoms with Gasteiger partial charge in [-0.05, 0) is 55.8 Å². The Hall–Kier alpha value is -0.160. The fourth-order valence-corrected chi connectivity index (χ4v) is 7.57. The zero-order valence-electron chi connectivity index (χ0n) is 17.6. The Morgan fingerprint density at radius 1 is 0.923 bits per heavy atom. The molecule has 2 aliphatic heterocycles. The number of rotatable bonds is 2. The SMILES string of the molecule is CO[C@H]1C[C@@]2(CC[C@@]3(O2)[C@H](C)CC[C@H]2C(C)(C)CCC[C@@]23C)[C@H](OC)O1. The number of hydrogen-bond donors (Lipinski definition) is 0. The zero-order chi connectivity index (χ0) is 18.8. The van der Waals surface area contributed by atoms with Crippen molar-refractivity contribution < 1.29 is 18.9 Å². The minimum Gasteiger partial charge on any atom is -0.362 e. The van der Waals surface area contributed by atoms with E-state index in [0.717, 1.165) is 25.2 Å². The molecule has 0 aromatic heterocycles. The lowest BCUT2D eigenvalue weighted by Crippen LogP contribution is -2.63. The summed E-state index contributed by atoms with van der Waals surface area (Å²) >= 11 is 0. The number of fused-ring (bicyclic) bond motifs is 2. The summed E-state index contributed by atoms with van der Waals surface area (Å²) in [6, 6.07) is 0. The van der Waals surface area contributed by atoms with E-state index in [0.29, 0.717) is 11.3 Å². The van der Waals surface area contributed by atoms with Gasteiger partial charge < -0.3 is 18.9 Å². The average molecular weight is 367 g/mol. The lowest BCUT2D eigenvalue weighted by Gasteiger charge is -2.64. The molecule has 7 atom stereocenters. The van der Waals surface area contributed by atoms with Gasteiger partial charge in [-0.25, -0.2) is 0 Å². The summed E-state index contributed by atoms with van der Waals surface area (Å²) in [5.74, 6) is 1.31. The Morgan fingerprint density at radius 2 is 1.69 bits per heavy atom. The van der Waals surface area contributed by atoms with Crippen LogP contribution in [0.15, 0.2) is 0 Å². The largest absolute Gasteiger partial charge is 0.362 e. The molecular weight excluding hydrogens is 328 g/mol. The van der Waals surface area contributed by atoms with Crippen molar-refractivity contribution in [3.05, 3.63) is 0 Å². The van der Waals surface area contributed by atoms with Gasteiger partial charge in [0.1, 0.15) is 5.60 Å². The van der Waals surface area contributed by atoms with Gasteiger partial charge in [0.15, 0.2) is 12.6 Å². The van der Waals surface area contributed by atoms with Gasteiger partial charge in [0.2, 0.25) is 0 Å². The van der Waals surface area contributed by atoms with Gasteiger partial charge >= 0.3 is 0 Å². The molecule has 0 aromatic carbocycles. The Balaban J connectivity index is 1.71. The molecule has 0 aromatic rings. The van der Waals surface area contributed by atoms with E-state index in [1.807, 2.05) is 0 Å². The van der Waals surface area contributed by atoms with Crippen LogP contribution in [0.2, 0.25) is 0 Å². The fourth-order valence-electron chi connectivity index (χ4n) is 7.57. The quantitative estimate of drug-likeness (QED) is 0.696. The topological polar surface area (TPSA) is 36.9 Å². The van der Waals surface area contributed by atoms with E-state index in [2.05, 4.69) is 27.7 Å². The molecule has 0 radical (unpaired) electrons. The summed E-state index contributed by atoms with van der Waals surface area (Å²) in [6.45, 7) is 9.94. The first kappa shape index (κ1) is 19.2. The maximum absolute atomic E-state index is 7.22. The first-order valence-corrected chi connectivity index (χ1v) is 10.6. The van der Waals surface area contributed by atoms with Gasteiger partial charge in [0.05, 0.1) is 5.60 Å². The van der Waals surface area contributed by atoms with Crippen LogP contribution in [-0.2, 0) is 18.9 Å². The molecular formula is C22H38O4. The van der Waals surface area contributed by atoms with Crippen LogP contribution in [0, 0.1) is 22.7 Å². The molecule has 4 aliphatic rings. The van der Waals surface area contributed by atoms with E-state index < -0.39 is 0 Å². The van der Waals surface area contributed by atoms with Crippen molar-refractivity contribution in [1.29, 1.82) is 0 Å². The van der Waals surface area contributed by atoms with Crippen LogP contribution in [0.25, 0.3) is 0 Å². The molecule has 4 fully saturated rings. The van der Waals surface area contributed by atoms with Crippen molar-refractivity contribution in [3.8, 4) is 0 Å². The van der Waals surface area contributed by atoms with Crippen molar-refractivity contribution in [2.24, 2.45) is 22.7 Å². The van der Waals surface area contributed by atoms with Crippen molar-refractivity contribution in [1.82, 2.24) is 0 Å². The lowest BCUT2D eigenvalue weighted by molar-refractivity contribution is -0.281. The van der Waals surface area contributed by atoms with E-state index >= 15 is 0 Å². The zero-order valence-corrected chi connectivity index (χ0v) is 17.6. The molecule has 2 aliphatic carbocycles. The van der Waals surface area contributed by atoms with Gasteiger partial charge in [-0.2, -0.15) is 0 Å². The molecule has 2 spiro atoms. The molecule has 2 saturated heterocycles. The van der Waals surface area contributed by atoms with Crippen LogP contribution >= 0.6 is 0 Å². The first-order chi connectivity index (χ1) is 12.2. The summed E-state index contributed by atoms with van der Waals surface area (Å²) in [5, 5.41) is 0. The second-order valence-electron chi connectivity index (χ2n) is 10.4. The third-order valence-electron chi connectivity index (χ3n) is 8.88. The molecule has 0 amide bonds. The minimum absolute atomic E-state index is 0.0591. The fraction of sp³-hybridized carbons (Fsp3) is 1.00. The van der Waals surface area contributed by atoms with Crippen LogP contribution in [0.3, 0.4) is 0 Å². The minimum atomic E-state index is -0.351. The molecule has 4 heteroatoms. The summed E-state index contributed by atoms with van der Waals surface area (Å²) in [5.41, 5.74) is 0.229.